The van der Waals surface area contributed by atoms with Crippen molar-refractivity contribution in [3.63, 3.8) is 0 Å². The van der Waals surface area contributed by atoms with Gasteiger partial charge in [0.25, 0.3) is 12.2 Å². The van der Waals surface area contributed by atoms with Gasteiger partial charge in [0.05, 0.1) is 11.5 Å². The summed E-state index contributed by atoms with van der Waals surface area (Å²) >= 11 is 6.21. The van der Waals surface area contributed by atoms with E-state index < -0.39 is 12.3 Å². The molecule has 1 N–H and O–H groups in total. The highest BCUT2D eigenvalue weighted by Crippen LogP contribution is 2.25. The molecule has 1 unspecified atom stereocenters. The van der Waals surface area contributed by atoms with E-state index in [-0.39, 0.29) is 12.5 Å². The predicted octanol–water partition coefficient (Wildman–Crippen LogP) is 3.04. The Labute approximate surface area is 161 Å². The number of benzene rings is 1. The lowest BCUT2D eigenvalue weighted by Gasteiger charge is -2.15. The van der Waals surface area contributed by atoms with E-state index in [1.54, 1.807) is 25.1 Å². The Bertz CT molecular complexity index is 755. The van der Waals surface area contributed by atoms with Crippen molar-refractivity contribution in [1.82, 2.24) is 5.32 Å². The molecule has 1 atom stereocenters. The van der Waals surface area contributed by atoms with Crippen LogP contribution >= 0.6 is 24.0 Å². The Hall–Kier alpha value is -2.16. The number of thioether (sulfide) groups is 1. The Morgan fingerprint density at radius 2 is 2.04 bits per heavy atom. The topological polar surface area (TPSA) is 73.9 Å². The molecule has 26 heavy (non-hydrogen) atoms. The van der Waals surface area contributed by atoms with Gasteiger partial charge in [-0.05, 0) is 43.2 Å². The maximum atomic E-state index is 11.7. The average Bonchev–Trinajstić information content (AvgIpc) is 2.91. The summed E-state index contributed by atoms with van der Waals surface area (Å²) in [6, 6.07) is 7.12. The number of hydrogen-bond acceptors (Lipinski definition) is 7. The number of ether oxygens (including phenoxy) is 3. The third-order valence-corrected chi connectivity index (χ3v) is 4.37. The van der Waals surface area contributed by atoms with Gasteiger partial charge < -0.3 is 19.5 Å². The summed E-state index contributed by atoms with van der Waals surface area (Å²) in [6.45, 7) is 3.86. The summed E-state index contributed by atoms with van der Waals surface area (Å²) in [5, 5.41) is 2.58. The fourth-order valence-electron chi connectivity index (χ4n) is 2.10. The average molecular weight is 393 g/mol. The predicted molar refractivity (Wildman–Crippen MR) is 105 cm³/mol. The monoisotopic (exact) mass is 393 g/mol. The van der Waals surface area contributed by atoms with Crippen LogP contribution in [0.2, 0.25) is 0 Å². The van der Waals surface area contributed by atoms with E-state index in [1.807, 2.05) is 25.1 Å². The molecule has 0 bridgehead atoms. The molecule has 8 heteroatoms. The summed E-state index contributed by atoms with van der Waals surface area (Å²) in [5.41, 5.74) is 1.82. The Balaban J connectivity index is 2.04. The summed E-state index contributed by atoms with van der Waals surface area (Å²) in [5.74, 6) is -0.276. The van der Waals surface area contributed by atoms with Crippen LogP contribution in [0.3, 0.4) is 0 Å². The first-order valence-corrected chi connectivity index (χ1v) is 9.04. The minimum Gasteiger partial charge on any atom is -0.461 e. The highest BCUT2D eigenvalue weighted by Gasteiger charge is 2.22. The van der Waals surface area contributed by atoms with Gasteiger partial charge in [-0.2, -0.15) is 0 Å². The third-order valence-electron chi connectivity index (χ3n) is 3.21. The van der Waals surface area contributed by atoms with E-state index in [0.717, 1.165) is 11.1 Å². The Kier molecular flexibility index (Phi) is 7.38. The van der Waals surface area contributed by atoms with Crippen LogP contribution in [0.15, 0.2) is 40.8 Å². The van der Waals surface area contributed by atoms with Crippen LogP contribution in [0.4, 0.5) is 0 Å². The Morgan fingerprint density at radius 3 is 2.58 bits per heavy atom. The fraction of sp³-hybridized carbons (Fsp3) is 0.278. The molecule has 0 radical (unpaired) electrons. The highest BCUT2D eigenvalue weighted by atomic mass is 32.2. The van der Waals surface area contributed by atoms with Crippen LogP contribution in [-0.2, 0) is 19.1 Å². The molecule has 0 saturated carbocycles. The second-order valence-corrected chi connectivity index (χ2v) is 6.97. The minimum absolute atomic E-state index is 0.180. The maximum absolute atomic E-state index is 11.7. The molecule has 1 fully saturated rings. The summed E-state index contributed by atoms with van der Waals surface area (Å²) < 4.78 is 15.8. The van der Waals surface area contributed by atoms with E-state index in [0.29, 0.717) is 15.0 Å². The molecule has 1 heterocycles. The first-order chi connectivity index (χ1) is 12.4. The molecule has 2 rings (SSSR count). The van der Waals surface area contributed by atoms with Gasteiger partial charge in [0.2, 0.25) is 0 Å². The number of rotatable bonds is 7. The number of hydrogen-bond donors (Lipinski definition) is 1. The van der Waals surface area contributed by atoms with Crippen molar-refractivity contribution < 1.29 is 23.8 Å². The lowest BCUT2D eigenvalue weighted by molar-refractivity contribution is -0.172. The summed E-state index contributed by atoms with van der Waals surface area (Å²) in [4.78, 5) is 23.9. The van der Waals surface area contributed by atoms with E-state index in [2.05, 4.69) is 5.32 Å². The SMILES string of the molecule is CCOC(=O)C(OC)Oc1ccc(C=C(C)C=C2SC(=S)NC2=O)cc1. The number of thiocarbonyl (C=S) groups is 1. The van der Waals surface area contributed by atoms with Crippen molar-refractivity contribution in [2.75, 3.05) is 13.7 Å². The number of esters is 1. The lowest BCUT2D eigenvalue weighted by Crippen LogP contribution is -2.31. The zero-order valence-electron chi connectivity index (χ0n) is 14.6. The van der Waals surface area contributed by atoms with Gasteiger partial charge >= 0.3 is 5.97 Å². The van der Waals surface area contributed by atoms with Crippen molar-refractivity contribution in [3.8, 4) is 5.75 Å². The number of amides is 1. The minimum atomic E-state index is -1.11. The molecule has 1 aliphatic rings. The van der Waals surface area contributed by atoms with Gasteiger partial charge in [-0.1, -0.05) is 42.2 Å². The number of carbonyl (C=O) groups is 2. The molecule has 6 nitrogen and oxygen atoms in total. The smallest absolute Gasteiger partial charge is 0.376 e. The van der Waals surface area contributed by atoms with Crippen molar-refractivity contribution in [2.45, 2.75) is 20.1 Å². The van der Waals surface area contributed by atoms with Gasteiger partial charge in [0.1, 0.15) is 10.1 Å². The molecule has 1 aromatic carbocycles. The van der Waals surface area contributed by atoms with Crippen molar-refractivity contribution >= 4 is 46.3 Å². The molecule has 1 saturated heterocycles. The van der Waals surface area contributed by atoms with Crippen molar-refractivity contribution in [1.29, 1.82) is 0 Å². The number of carbonyl (C=O) groups excluding carboxylic acids is 2. The van der Waals surface area contributed by atoms with Crippen LogP contribution in [0, 0.1) is 0 Å². The zero-order valence-corrected chi connectivity index (χ0v) is 16.2. The number of allylic oxidation sites excluding steroid dienone is 2. The standard InChI is InChI=1S/C18H19NO5S2/c1-4-23-16(21)17(22-3)24-13-7-5-12(6-8-13)9-11(2)10-14-15(20)19-18(25)26-14/h5-10,17H,4H2,1-3H3,(H,19,20,25). The number of nitrogens with one attached hydrogen (secondary N) is 1. The second kappa shape index (κ2) is 9.51. The molecule has 0 aromatic heterocycles. The molecule has 1 aliphatic heterocycles. The van der Waals surface area contributed by atoms with Gasteiger partial charge in [-0.15, -0.1) is 0 Å². The van der Waals surface area contributed by atoms with Crippen LogP contribution in [0.1, 0.15) is 19.4 Å². The first kappa shape index (κ1) is 20.2. The quantitative estimate of drug-likeness (QED) is 0.330. The van der Waals surface area contributed by atoms with E-state index in [4.69, 9.17) is 26.4 Å². The summed E-state index contributed by atoms with van der Waals surface area (Å²) in [7, 11) is 1.37. The molecular weight excluding hydrogens is 374 g/mol. The van der Waals surface area contributed by atoms with Crippen LogP contribution in [0.25, 0.3) is 6.08 Å². The van der Waals surface area contributed by atoms with Gasteiger partial charge in [0.15, 0.2) is 0 Å². The van der Waals surface area contributed by atoms with E-state index >= 15 is 0 Å². The van der Waals surface area contributed by atoms with Crippen LogP contribution in [-0.4, -0.2) is 36.2 Å². The molecule has 0 aliphatic carbocycles. The molecule has 1 amide bonds. The largest absolute Gasteiger partial charge is 0.461 e. The third kappa shape index (κ3) is 5.69. The first-order valence-electron chi connectivity index (χ1n) is 7.82. The van der Waals surface area contributed by atoms with E-state index in [1.165, 1.54) is 18.9 Å². The number of methoxy groups -OCH3 is 1. The molecule has 0 spiro atoms. The lowest BCUT2D eigenvalue weighted by atomic mass is 10.1. The van der Waals surface area contributed by atoms with E-state index in [9.17, 15) is 9.59 Å². The summed E-state index contributed by atoms with van der Waals surface area (Å²) in [6.07, 6.45) is 2.60. The van der Waals surface area contributed by atoms with Crippen LogP contribution in [0.5, 0.6) is 5.75 Å². The molecule has 1 aromatic rings. The maximum Gasteiger partial charge on any atom is 0.376 e. The molecule has 138 valence electrons. The zero-order chi connectivity index (χ0) is 19.1. The van der Waals surface area contributed by atoms with Crippen molar-refractivity contribution in [3.05, 3.63) is 46.4 Å². The van der Waals surface area contributed by atoms with Gasteiger partial charge in [-0.25, -0.2) is 4.79 Å². The van der Waals surface area contributed by atoms with Crippen molar-refractivity contribution in [2.24, 2.45) is 0 Å². The Morgan fingerprint density at radius 1 is 1.35 bits per heavy atom. The normalized spacial score (nSPS) is 17.2. The highest BCUT2D eigenvalue weighted by molar-refractivity contribution is 8.26. The molecular formula is C18H19NO5S2. The second-order valence-electron chi connectivity index (χ2n) is 5.25. The fourth-order valence-corrected chi connectivity index (χ4v) is 3.20. The van der Waals surface area contributed by atoms with Gasteiger partial charge in [-0.3, -0.25) is 4.79 Å². The van der Waals surface area contributed by atoms with Gasteiger partial charge in [0, 0.05) is 7.11 Å². The van der Waals surface area contributed by atoms with Crippen LogP contribution < -0.4 is 10.1 Å².